The first-order chi connectivity index (χ1) is 29.3. The van der Waals surface area contributed by atoms with Gasteiger partial charge in [-0.3, -0.25) is 9.59 Å². The van der Waals surface area contributed by atoms with Gasteiger partial charge in [0.05, 0.1) is 50.1 Å². The lowest BCUT2D eigenvalue weighted by molar-refractivity contribution is -0.135. The zero-order chi connectivity index (χ0) is 41.6. The Morgan fingerprint density at radius 2 is 0.967 bits per heavy atom. The van der Waals surface area contributed by atoms with E-state index < -0.39 is 24.3 Å². The molecule has 306 valence electrons. The Balaban J connectivity index is 0.928. The topological polar surface area (TPSA) is 226 Å². The van der Waals surface area contributed by atoms with Gasteiger partial charge in [-0.25, -0.2) is 19.6 Å². The van der Waals surface area contributed by atoms with Crippen LogP contribution < -0.4 is 10.6 Å². The Labute approximate surface area is 344 Å². The number of likely N-dealkylation sites (tertiary alicyclic amines) is 2. The van der Waals surface area contributed by atoms with E-state index in [-0.39, 0.29) is 23.9 Å². The fourth-order valence-corrected chi connectivity index (χ4v) is 7.68. The van der Waals surface area contributed by atoms with E-state index in [9.17, 15) is 19.2 Å². The number of ether oxygens (including phenoxy) is 2. The first-order valence-corrected chi connectivity index (χ1v) is 19.5. The number of imidazole rings is 2. The Hall–Kier alpha value is -7.50. The molecule has 6 heterocycles. The summed E-state index contributed by atoms with van der Waals surface area (Å²) in [4.78, 5) is 71.5. The molecule has 2 aliphatic heterocycles. The van der Waals surface area contributed by atoms with E-state index in [2.05, 4.69) is 51.0 Å². The van der Waals surface area contributed by atoms with Crippen LogP contribution in [0, 0.1) is 0 Å². The van der Waals surface area contributed by atoms with Crippen molar-refractivity contribution in [3.63, 3.8) is 0 Å². The number of benzene rings is 2. The number of carbonyl (C=O) groups excluding carboxylic acids is 4. The third kappa shape index (κ3) is 8.25. The molecule has 2 saturated heterocycles. The maximum Gasteiger partial charge on any atom is 0.407 e. The van der Waals surface area contributed by atoms with Crippen molar-refractivity contribution in [3.05, 3.63) is 120 Å². The molecule has 18 nitrogen and oxygen atoms in total. The average Bonchev–Trinajstić information content (AvgIpc) is 4.15. The van der Waals surface area contributed by atoms with Crippen molar-refractivity contribution in [2.45, 2.75) is 49.9 Å². The minimum atomic E-state index is -0.917. The number of carbonyl (C=O) groups is 4. The monoisotopic (exact) mass is 810 g/mol. The van der Waals surface area contributed by atoms with Crippen molar-refractivity contribution in [2.24, 2.45) is 0 Å². The molecule has 4 atom stereocenters. The predicted octanol–water partition coefficient (Wildman–Crippen LogP) is 5.24. The van der Waals surface area contributed by atoms with Crippen LogP contribution >= 0.6 is 0 Å². The molecule has 0 spiro atoms. The highest BCUT2D eigenvalue weighted by atomic mass is 16.5. The third-order valence-corrected chi connectivity index (χ3v) is 10.7. The van der Waals surface area contributed by atoms with Crippen molar-refractivity contribution in [1.29, 1.82) is 0 Å². The van der Waals surface area contributed by atoms with Crippen molar-refractivity contribution in [3.8, 4) is 34.2 Å². The second-order valence-corrected chi connectivity index (χ2v) is 14.3. The number of methoxy groups -OCH3 is 2. The van der Waals surface area contributed by atoms with Gasteiger partial charge in [0.15, 0.2) is 0 Å². The number of amides is 4. The van der Waals surface area contributed by atoms with Gasteiger partial charge in [0.25, 0.3) is 11.8 Å². The summed E-state index contributed by atoms with van der Waals surface area (Å²) >= 11 is 0. The highest BCUT2D eigenvalue weighted by molar-refractivity contribution is 5.88. The van der Waals surface area contributed by atoms with Gasteiger partial charge in [0, 0.05) is 13.1 Å². The van der Waals surface area contributed by atoms with Gasteiger partial charge in [-0.1, -0.05) is 60.7 Å². The van der Waals surface area contributed by atoms with Crippen molar-refractivity contribution in [1.82, 2.24) is 60.8 Å². The molecule has 0 radical (unpaired) electrons. The van der Waals surface area contributed by atoms with Crippen LogP contribution in [0.15, 0.2) is 97.3 Å². The standard InChI is InChI=1S/C42H42N12O6/c1-59-41(57)47-35(25-11-5-3-6-12-25)39(55)53-21-9-15-33(53)37-43-23-31(45-37)29-19-17-27(49-51-29)28-18-20-30(52-50-28)32-24-44-38(46-32)34-16-10-22-54(34)40(56)36(48-42(58)60-2)26-13-7-4-8-14-26/h3-8,11-14,17-20,23-24,33-36H,9-10,15-16,21-22H2,1-2H3,(H,43,45)(H,44,46)(H,47,57)(H,48,58)/t33-,34-,35-,36-/m1/s1. The molecule has 0 saturated carbocycles. The maximum atomic E-state index is 13.9. The number of H-pyrrole nitrogens is 2. The molecule has 4 amide bonds. The van der Waals surface area contributed by atoms with E-state index in [1.807, 2.05) is 36.4 Å². The number of aromatic amines is 2. The van der Waals surface area contributed by atoms with E-state index in [4.69, 9.17) is 9.47 Å². The van der Waals surface area contributed by atoms with E-state index in [0.29, 0.717) is 82.9 Å². The van der Waals surface area contributed by atoms with Gasteiger partial charge < -0.3 is 39.9 Å². The van der Waals surface area contributed by atoms with Gasteiger partial charge in [-0.05, 0) is 61.1 Å². The smallest absolute Gasteiger partial charge is 0.407 e. The molecule has 8 rings (SSSR count). The van der Waals surface area contributed by atoms with Crippen LogP contribution in [-0.4, -0.2) is 101 Å². The third-order valence-electron chi connectivity index (χ3n) is 10.7. The second kappa shape index (κ2) is 17.6. The molecule has 18 heteroatoms. The number of rotatable bonds is 11. The van der Waals surface area contributed by atoms with E-state index in [0.717, 1.165) is 12.8 Å². The van der Waals surface area contributed by atoms with Crippen LogP contribution in [0.1, 0.15) is 72.6 Å². The lowest BCUT2D eigenvalue weighted by Crippen LogP contribution is -2.42. The summed E-state index contributed by atoms with van der Waals surface area (Å²) in [5.41, 5.74) is 4.67. The van der Waals surface area contributed by atoms with Gasteiger partial charge in [-0.15, -0.1) is 20.4 Å². The molecule has 4 N–H and O–H groups in total. The summed E-state index contributed by atoms with van der Waals surface area (Å²) < 4.78 is 9.61. The first kappa shape index (κ1) is 39.3. The van der Waals surface area contributed by atoms with Crippen LogP contribution in [0.4, 0.5) is 9.59 Å². The summed E-state index contributed by atoms with van der Waals surface area (Å²) in [5, 5.41) is 23.0. The number of nitrogens with zero attached hydrogens (tertiary/aromatic N) is 8. The minimum absolute atomic E-state index is 0.257. The number of alkyl carbamates (subject to hydrolysis) is 2. The van der Waals surface area contributed by atoms with Crippen LogP contribution in [0.5, 0.6) is 0 Å². The second-order valence-electron chi connectivity index (χ2n) is 14.3. The number of hydrogen-bond donors (Lipinski definition) is 4. The fraction of sp³-hybridized carbons (Fsp3) is 0.286. The average molecular weight is 811 g/mol. The molecule has 6 aromatic rings. The van der Waals surface area contributed by atoms with Crippen molar-refractivity contribution < 1.29 is 28.7 Å². The molecule has 2 aromatic carbocycles. The summed E-state index contributed by atoms with van der Waals surface area (Å²) in [7, 11) is 2.52. The summed E-state index contributed by atoms with van der Waals surface area (Å²) in [6.45, 7) is 1.02. The largest absolute Gasteiger partial charge is 0.453 e. The lowest BCUT2D eigenvalue weighted by atomic mass is 10.1. The normalized spacial score (nSPS) is 17.2. The van der Waals surface area contributed by atoms with Crippen molar-refractivity contribution >= 4 is 24.0 Å². The quantitative estimate of drug-likeness (QED) is 0.132. The van der Waals surface area contributed by atoms with Gasteiger partial charge >= 0.3 is 12.2 Å². The Bertz CT molecular complexity index is 2270. The molecular weight excluding hydrogens is 769 g/mol. The number of nitrogens with one attached hydrogen (secondary N) is 4. The van der Waals surface area contributed by atoms with Crippen LogP contribution in [0.2, 0.25) is 0 Å². The highest BCUT2D eigenvalue weighted by Gasteiger charge is 2.38. The molecule has 0 unspecified atom stereocenters. The van der Waals surface area contributed by atoms with Crippen LogP contribution in [-0.2, 0) is 19.1 Å². The SMILES string of the molecule is COC(=O)N[C@@H](C(=O)N1CCC[C@@H]1c1ncc(-c2ccc(-c3ccc(-c4cnc([C@H]5CCCN5C(=O)[C@H](NC(=O)OC)c5ccccc5)[nH]4)nn3)nn2)[nH]1)c1ccccc1. The molecule has 0 bridgehead atoms. The molecule has 60 heavy (non-hydrogen) atoms. The van der Waals surface area contributed by atoms with E-state index in [1.165, 1.54) is 14.2 Å². The minimum Gasteiger partial charge on any atom is -0.453 e. The van der Waals surface area contributed by atoms with Crippen LogP contribution in [0.25, 0.3) is 34.2 Å². The zero-order valence-corrected chi connectivity index (χ0v) is 32.8. The van der Waals surface area contributed by atoms with Gasteiger partial charge in [0.2, 0.25) is 0 Å². The van der Waals surface area contributed by atoms with E-state index >= 15 is 0 Å². The maximum absolute atomic E-state index is 13.9. The van der Waals surface area contributed by atoms with Crippen molar-refractivity contribution in [2.75, 3.05) is 27.3 Å². The number of aromatic nitrogens is 8. The summed E-state index contributed by atoms with van der Waals surface area (Å²) in [6.07, 6.45) is 4.87. The zero-order valence-electron chi connectivity index (χ0n) is 32.8. The first-order valence-electron chi connectivity index (χ1n) is 19.5. The summed E-state index contributed by atoms with van der Waals surface area (Å²) in [6, 6.07) is 22.8. The van der Waals surface area contributed by atoms with Gasteiger partial charge in [0.1, 0.15) is 46.5 Å². The predicted molar refractivity (Wildman–Crippen MR) is 215 cm³/mol. The number of hydrogen-bond acceptors (Lipinski definition) is 12. The van der Waals surface area contributed by atoms with Crippen LogP contribution in [0.3, 0.4) is 0 Å². The molecule has 2 aliphatic rings. The molecule has 4 aromatic heterocycles. The fourth-order valence-electron chi connectivity index (χ4n) is 7.68. The highest BCUT2D eigenvalue weighted by Crippen LogP contribution is 2.35. The van der Waals surface area contributed by atoms with E-state index in [1.54, 1.807) is 70.7 Å². The Kier molecular flexibility index (Phi) is 11.5. The molecule has 2 fully saturated rings. The van der Waals surface area contributed by atoms with Gasteiger partial charge in [-0.2, -0.15) is 0 Å². The lowest BCUT2D eigenvalue weighted by Gasteiger charge is -2.28. The summed E-state index contributed by atoms with van der Waals surface area (Å²) in [5.74, 6) is 0.697. The molecule has 0 aliphatic carbocycles. The Morgan fingerprint density at radius 3 is 1.33 bits per heavy atom. The Morgan fingerprint density at radius 1 is 0.583 bits per heavy atom. The molecular formula is C42H42N12O6.